The van der Waals surface area contributed by atoms with Crippen LogP contribution in [0.5, 0.6) is 0 Å². The zero-order valence-corrected chi connectivity index (χ0v) is 11.5. The average Bonchev–Trinajstić information content (AvgIpc) is 2.83. The highest BCUT2D eigenvalue weighted by Crippen LogP contribution is 2.26. The van der Waals surface area contributed by atoms with Gasteiger partial charge in [-0.25, -0.2) is 9.67 Å². The Balaban J connectivity index is 1.90. The van der Waals surface area contributed by atoms with Gasteiger partial charge in [-0.3, -0.25) is 4.79 Å². The lowest BCUT2D eigenvalue weighted by Crippen LogP contribution is -2.22. The predicted octanol–water partition coefficient (Wildman–Crippen LogP) is 2.48. The quantitative estimate of drug-likeness (QED) is 0.943. The van der Waals surface area contributed by atoms with E-state index in [0.717, 1.165) is 18.5 Å². The number of carbonyl (C=O) groups is 1. The second-order valence-electron chi connectivity index (χ2n) is 4.91. The topological polar surface area (TPSA) is 68.0 Å². The van der Waals surface area contributed by atoms with Gasteiger partial charge in [0.1, 0.15) is 11.7 Å². The van der Waals surface area contributed by atoms with Crippen LogP contribution in [-0.4, -0.2) is 25.8 Å². The largest absolute Gasteiger partial charge is 0.481 e. The van der Waals surface area contributed by atoms with Crippen molar-refractivity contribution in [2.24, 2.45) is 0 Å². The lowest BCUT2D eigenvalue weighted by molar-refractivity contribution is -0.139. The highest BCUT2D eigenvalue weighted by molar-refractivity contribution is 6.31. The molecule has 0 aliphatic carbocycles. The summed E-state index contributed by atoms with van der Waals surface area (Å²) < 4.78 is 1.72. The van der Waals surface area contributed by atoms with Crippen LogP contribution in [0.1, 0.15) is 36.0 Å². The Labute approximate surface area is 121 Å². The summed E-state index contributed by atoms with van der Waals surface area (Å²) in [5.41, 5.74) is 0.948. The normalized spacial score (nSPS) is 17.8. The van der Waals surface area contributed by atoms with Crippen molar-refractivity contribution in [3.8, 4) is 0 Å². The molecule has 0 bridgehead atoms. The highest BCUT2D eigenvalue weighted by atomic mass is 35.5. The Hall–Kier alpha value is -1.88. The number of fused-ring (bicyclic) bond motifs is 1. The van der Waals surface area contributed by atoms with Crippen LogP contribution in [0, 0.1) is 0 Å². The molecule has 0 fully saturated rings. The molecular weight excluding hydrogens is 278 g/mol. The smallest absolute Gasteiger partial charge is 0.314 e. The molecule has 1 N–H and O–H groups in total. The molecule has 1 aromatic heterocycles. The molecule has 6 heteroatoms. The van der Waals surface area contributed by atoms with Crippen molar-refractivity contribution in [1.29, 1.82) is 0 Å². The molecule has 1 unspecified atom stereocenters. The number of rotatable bonds is 3. The van der Waals surface area contributed by atoms with Gasteiger partial charge in [-0.05, 0) is 24.5 Å². The number of aromatic nitrogens is 3. The average molecular weight is 292 g/mol. The van der Waals surface area contributed by atoms with Crippen molar-refractivity contribution in [2.75, 3.05) is 0 Å². The first-order valence-corrected chi connectivity index (χ1v) is 6.93. The second-order valence-corrected chi connectivity index (χ2v) is 5.32. The van der Waals surface area contributed by atoms with Crippen molar-refractivity contribution < 1.29 is 9.90 Å². The number of hydrogen-bond acceptors (Lipinski definition) is 3. The lowest BCUT2D eigenvalue weighted by Gasteiger charge is -2.17. The fourth-order valence-electron chi connectivity index (χ4n) is 2.52. The standard InChI is InChI=1S/C14H14ClN3O2/c15-11-6-2-1-4-9(11)8-12-16-13-10(14(19)20)5-3-7-18(13)17-12/h1-2,4,6,10H,3,5,7-8H2,(H,19,20). The van der Waals surface area contributed by atoms with Gasteiger partial charge >= 0.3 is 5.97 Å². The Morgan fingerprint density at radius 1 is 1.45 bits per heavy atom. The van der Waals surface area contributed by atoms with Crippen molar-refractivity contribution in [1.82, 2.24) is 14.8 Å². The Morgan fingerprint density at radius 3 is 3.00 bits per heavy atom. The number of carboxylic acid groups (broad SMARTS) is 1. The maximum absolute atomic E-state index is 11.2. The summed E-state index contributed by atoms with van der Waals surface area (Å²) in [4.78, 5) is 15.6. The first kappa shape index (κ1) is 13.1. The van der Waals surface area contributed by atoms with E-state index in [0.29, 0.717) is 29.5 Å². The van der Waals surface area contributed by atoms with E-state index < -0.39 is 11.9 Å². The molecule has 3 rings (SSSR count). The summed E-state index contributed by atoms with van der Waals surface area (Å²) in [6.07, 6.45) is 1.96. The minimum absolute atomic E-state index is 0.520. The molecule has 0 radical (unpaired) electrons. The van der Waals surface area contributed by atoms with Crippen molar-refractivity contribution >= 4 is 17.6 Å². The summed E-state index contributed by atoms with van der Waals surface area (Å²) in [6.45, 7) is 0.731. The molecule has 0 spiro atoms. The predicted molar refractivity (Wildman–Crippen MR) is 73.9 cm³/mol. The molecule has 1 aliphatic rings. The minimum Gasteiger partial charge on any atom is -0.481 e. The summed E-state index contributed by atoms with van der Waals surface area (Å²) in [5, 5.41) is 14.3. The van der Waals surface area contributed by atoms with Gasteiger partial charge in [0.25, 0.3) is 0 Å². The van der Waals surface area contributed by atoms with Gasteiger partial charge in [-0.15, -0.1) is 0 Å². The van der Waals surface area contributed by atoms with Crippen LogP contribution in [0.15, 0.2) is 24.3 Å². The molecule has 0 amide bonds. The number of aliphatic carboxylic acids is 1. The van der Waals surface area contributed by atoms with Gasteiger partial charge in [0.05, 0.1) is 0 Å². The third-order valence-electron chi connectivity index (χ3n) is 3.52. The van der Waals surface area contributed by atoms with Crippen LogP contribution in [0.25, 0.3) is 0 Å². The van der Waals surface area contributed by atoms with Gasteiger partial charge in [-0.1, -0.05) is 29.8 Å². The number of benzene rings is 1. The van der Waals surface area contributed by atoms with E-state index in [1.807, 2.05) is 24.3 Å². The Kier molecular flexibility index (Phi) is 3.44. The van der Waals surface area contributed by atoms with Crippen LogP contribution >= 0.6 is 11.6 Å². The number of halogens is 1. The second kappa shape index (κ2) is 5.25. The summed E-state index contributed by atoms with van der Waals surface area (Å²) in [7, 11) is 0. The lowest BCUT2D eigenvalue weighted by atomic mass is 10.00. The first-order valence-electron chi connectivity index (χ1n) is 6.55. The SMILES string of the molecule is O=C(O)C1CCCn2nc(Cc3ccccc3Cl)nc21. The molecule has 20 heavy (non-hydrogen) atoms. The number of carboxylic acids is 1. The van der Waals surface area contributed by atoms with Crippen LogP contribution in [0.2, 0.25) is 5.02 Å². The fraction of sp³-hybridized carbons (Fsp3) is 0.357. The van der Waals surface area contributed by atoms with E-state index in [-0.39, 0.29) is 0 Å². The van der Waals surface area contributed by atoms with Crippen LogP contribution < -0.4 is 0 Å². The first-order chi connectivity index (χ1) is 9.65. The van der Waals surface area contributed by atoms with E-state index in [4.69, 9.17) is 11.6 Å². The van der Waals surface area contributed by atoms with Crippen LogP contribution in [0.3, 0.4) is 0 Å². The molecule has 0 saturated heterocycles. The summed E-state index contributed by atoms with van der Waals surface area (Å²) in [6, 6.07) is 7.54. The van der Waals surface area contributed by atoms with Crippen molar-refractivity contribution in [3.05, 3.63) is 46.5 Å². The maximum atomic E-state index is 11.2. The van der Waals surface area contributed by atoms with Crippen molar-refractivity contribution in [3.63, 3.8) is 0 Å². The summed E-state index contributed by atoms with van der Waals surface area (Å²) >= 11 is 6.12. The van der Waals surface area contributed by atoms with Crippen molar-refractivity contribution in [2.45, 2.75) is 31.7 Å². The molecule has 0 saturated carbocycles. The van der Waals surface area contributed by atoms with E-state index in [1.165, 1.54) is 0 Å². The van der Waals surface area contributed by atoms with Gasteiger partial charge < -0.3 is 5.11 Å². The zero-order chi connectivity index (χ0) is 14.1. The number of hydrogen-bond donors (Lipinski definition) is 1. The van der Waals surface area contributed by atoms with E-state index >= 15 is 0 Å². The molecule has 104 valence electrons. The monoisotopic (exact) mass is 291 g/mol. The molecule has 1 atom stereocenters. The van der Waals surface area contributed by atoms with Gasteiger partial charge in [0.2, 0.25) is 0 Å². The zero-order valence-electron chi connectivity index (χ0n) is 10.8. The third kappa shape index (κ3) is 2.41. The molecule has 2 aromatic rings. The van der Waals surface area contributed by atoms with Gasteiger partial charge in [-0.2, -0.15) is 5.10 Å². The van der Waals surface area contributed by atoms with Crippen LogP contribution in [-0.2, 0) is 17.8 Å². The molecular formula is C14H14ClN3O2. The number of aryl methyl sites for hydroxylation is 1. The third-order valence-corrected chi connectivity index (χ3v) is 3.89. The molecule has 1 aromatic carbocycles. The van der Waals surface area contributed by atoms with Gasteiger partial charge in [0, 0.05) is 18.0 Å². The van der Waals surface area contributed by atoms with E-state index in [2.05, 4.69) is 10.1 Å². The molecule has 1 aliphatic heterocycles. The summed E-state index contributed by atoms with van der Waals surface area (Å²) in [5.74, 6) is -0.189. The highest BCUT2D eigenvalue weighted by Gasteiger charge is 2.29. The molecule has 5 nitrogen and oxygen atoms in total. The van der Waals surface area contributed by atoms with E-state index in [9.17, 15) is 9.90 Å². The number of nitrogens with zero attached hydrogens (tertiary/aromatic N) is 3. The van der Waals surface area contributed by atoms with Gasteiger partial charge in [0.15, 0.2) is 5.82 Å². The maximum Gasteiger partial charge on any atom is 0.314 e. The van der Waals surface area contributed by atoms with Crippen LogP contribution in [0.4, 0.5) is 0 Å². The molecule has 2 heterocycles. The fourth-order valence-corrected chi connectivity index (χ4v) is 2.72. The Bertz CT molecular complexity index is 654. The Morgan fingerprint density at radius 2 is 2.25 bits per heavy atom. The van der Waals surface area contributed by atoms with E-state index in [1.54, 1.807) is 4.68 Å². The minimum atomic E-state index is -0.831.